The number of nitrogens with one attached hydrogen (secondary N) is 2. The van der Waals surface area contributed by atoms with E-state index in [4.69, 9.17) is 9.47 Å². The van der Waals surface area contributed by atoms with Gasteiger partial charge in [0.2, 0.25) is 11.8 Å². The highest BCUT2D eigenvalue weighted by Gasteiger charge is 2.19. The van der Waals surface area contributed by atoms with Gasteiger partial charge in [0.15, 0.2) is 0 Å². The first-order chi connectivity index (χ1) is 18.2. The fourth-order valence-electron chi connectivity index (χ4n) is 3.20. The third-order valence-corrected chi connectivity index (χ3v) is 6.81. The summed E-state index contributed by atoms with van der Waals surface area (Å²) in [7, 11) is -4.14. The lowest BCUT2D eigenvalue weighted by Gasteiger charge is -2.10. The normalized spacial score (nSPS) is 11.7. The van der Waals surface area contributed by atoms with Gasteiger partial charge in [-0.2, -0.15) is 0 Å². The molecule has 11 heteroatoms. The van der Waals surface area contributed by atoms with E-state index in [1.54, 1.807) is 19.1 Å². The largest absolute Gasteiger partial charge is 0.515 e. The van der Waals surface area contributed by atoms with E-state index in [0.29, 0.717) is 19.4 Å². The van der Waals surface area contributed by atoms with Crippen LogP contribution in [-0.2, 0) is 32.4 Å². The minimum atomic E-state index is -4.14. The lowest BCUT2D eigenvalue weighted by Crippen LogP contribution is -2.30. The molecule has 2 amide bonds. The third-order valence-electron chi connectivity index (χ3n) is 5.46. The number of hydrogen-bond acceptors (Lipinski definition) is 8. The molecule has 0 aliphatic heterocycles. The van der Waals surface area contributed by atoms with Crippen LogP contribution in [0.5, 0.6) is 5.88 Å². The van der Waals surface area contributed by atoms with Crippen LogP contribution >= 0.6 is 0 Å². The number of rotatable bonds is 11. The molecule has 0 aliphatic rings. The molecular weight excluding hydrogens is 510 g/mol. The van der Waals surface area contributed by atoms with Crippen molar-refractivity contribution in [3.63, 3.8) is 0 Å². The molecule has 1 aromatic heterocycles. The average Bonchev–Trinajstić information content (AvgIpc) is 2.89. The Labute approximate surface area is 221 Å². The van der Waals surface area contributed by atoms with E-state index in [-0.39, 0.29) is 34.8 Å². The Hall–Kier alpha value is -4.25. The molecule has 1 heterocycles. The fourth-order valence-corrected chi connectivity index (χ4v) is 4.17. The molecule has 2 N–H and O–H groups in total. The zero-order valence-corrected chi connectivity index (χ0v) is 21.9. The van der Waals surface area contributed by atoms with Gasteiger partial charge >= 0.3 is 6.16 Å². The van der Waals surface area contributed by atoms with Crippen LogP contribution in [0.2, 0.25) is 0 Å². The highest BCUT2D eigenvalue weighted by Crippen LogP contribution is 2.14. The molecule has 0 radical (unpaired) electrons. The number of benzene rings is 2. The van der Waals surface area contributed by atoms with Crippen LogP contribution in [0.25, 0.3) is 0 Å². The number of pyridine rings is 1. The van der Waals surface area contributed by atoms with E-state index < -0.39 is 22.1 Å². The number of ether oxygens (including phenoxy) is 2. The lowest BCUT2D eigenvalue weighted by atomic mass is 10.1. The monoisotopic (exact) mass is 539 g/mol. The number of amides is 2. The molecular formula is C27H29N3O7S. The van der Waals surface area contributed by atoms with Gasteiger partial charge in [-0.05, 0) is 49.1 Å². The fraction of sp³-hybridized carbons (Fsp3) is 0.259. The van der Waals surface area contributed by atoms with Crippen LogP contribution in [-0.4, -0.2) is 44.0 Å². The smallest absolute Gasteiger partial charge is 0.431 e. The van der Waals surface area contributed by atoms with E-state index in [9.17, 15) is 22.8 Å². The summed E-state index contributed by atoms with van der Waals surface area (Å²) in [6.07, 6.45) is 1.26. The van der Waals surface area contributed by atoms with Gasteiger partial charge in [-0.1, -0.05) is 49.4 Å². The summed E-state index contributed by atoms with van der Waals surface area (Å²) >= 11 is 0. The molecule has 0 aliphatic carbocycles. The summed E-state index contributed by atoms with van der Waals surface area (Å²) in [5, 5.41) is 2.84. The molecule has 0 fully saturated rings. The van der Waals surface area contributed by atoms with Crippen LogP contribution in [0.1, 0.15) is 41.8 Å². The van der Waals surface area contributed by atoms with Gasteiger partial charge in [0, 0.05) is 18.8 Å². The molecule has 0 unspecified atom stereocenters. The minimum Gasteiger partial charge on any atom is -0.431 e. The first-order valence-corrected chi connectivity index (χ1v) is 13.5. The van der Waals surface area contributed by atoms with Gasteiger partial charge in [-0.15, -0.1) is 0 Å². The standard InChI is InChI=1S/C27H29N3O7S/c1-3-19(2)36-27(33)37-25-14-11-22(18-29-25)26(32)30-38(34,35)23-12-9-20(10-13-23)15-16-28-24(31)17-21-7-5-4-6-8-21/h4-14,18-19H,3,15-17H2,1-2H3,(H,28,31)(H,30,32)/t19-/m1/s1. The van der Waals surface area contributed by atoms with E-state index in [2.05, 4.69) is 10.3 Å². The maximum Gasteiger partial charge on any atom is 0.515 e. The van der Waals surface area contributed by atoms with Crippen molar-refractivity contribution >= 4 is 28.0 Å². The summed E-state index contributed by atoms with van der Waals surface area (Å²) in [4.78, 5) is 39.9. The Kier molecular flexibility index (Phi) is 9.94. The molecule has 0 bridgehead atoms. The van der Waals surface area contributed by atoms with Crippen molar-refractivity contribution in [1.82, 2.24) is 15.0 Å². The zero-order chi connectivity index (χ0) is 27.5. The molecule has 0 spiro atoms. The number of carbonyl (C=O) groups excluding carboxylic acids is 3. The van der Waals surface area contributed by atoms with Crippen LogP contribution in [0.3, 0.4) is 0 Å². The van der Waals surface area contributed by atoms with Gasteiger partial charge in [0.1, 0.15) is 6.10 Å². The molecule has 3 rings (SSSR count). The number of hydrogen-bond donors (Lipinski definition) is 2. The van der Waals surface area contributed by atoms with Crippen LogP contribution < -0.4 is 14.8 Å². The van der Waals surface area contributed by atoms with Crippen molar-refractivity contribution in [3.8, 4) is 5.88 Å². The summed E-state index contributed by atoms with van der Waals surface area (Å²) in [5.74, 6) is -1.08. The van der Waals surface area contributed by atoms with Crippen molar-refractivity contribution in [1.29, 1.82) is 0 Å². The zero-order valence-electron chi connectivity index (χ0n) is 21.0. The Morgan fingerprint density at radius 2 is 1.66 bits per heavy atom. The second-order valence-corrected chi connectivity index (χ2v) is 10.1. The van der Waals surface area contributed by atoms with Gasteiger partial charge in [-0.3, -0.25) is 9.59 Å². The summed E-state index contributed by atoms with van der Waals surface area (Å²) < 4.78 is 37.2. The highest BCUT2D eigenvalue weighted by molar-refractivity contribution is 7.90. The Bertz CT molecular complexity index is 1340. The maximum atomic E-state index is 12.7. The quantitative estimate of drug-likeness (QED) is 0.353. The molecule has 38 heavy (non-hydrogen) atoms. The molecule has 0 saturated carbocycles. The highest BCUT2D eigenvalue weighted by atomic mass is 32.2. The van der Waals surface area contributed by atoms with Gasteiger partial charge < -0.3 is 14.8 Å². The molecule has 200 valence electrons. The second kappa shape index (κ2) is 13.3. The van der Waals surface area contributed by atoms with E-state index >= 15 is 0 Å². The number of aromatic nitrogens is 1. The summed E-state index contributed by atoms with van der Waals surface area (Å²) in [5.41, 5.74) is 1.70. The van der Waals surface area contributed by atoms with Crippen molar-refractivity contribution < 1.29 is 32.3 Å². The first kappa shape index (κ1) is 28.3. The van der Waals surface area contributed by atoms with Gasteiger partial charge in [0.05, 0.1) is 16.9 Å². The maximum absolute atomic E-state index is 12.7. The summed E-state index contributed by atoms with van der Waals surface area (Å²) in [6.45, 7) is 3.96. The van der Waals surface area contributed by atoms with Crippen LogP contribution in [0, 0.1) is 0 Å². The molecule has 0 saturated heterocycles. The van der Waals surface area contributed by atoms with E-state index in [1.807, 2.05) is 42.0 Å². The Morgan fingerprint density at radius 3 is 2.29 bits per heavy atom. The topological polar surface area (TPSA) is 141 Å². The van der Waals surface area contributed by atoms with Crippen LogP contribution in [0.4, 0.5) is 4.79 Å². The molecule has 10 nitrogen and oxygen atoms in total. The predicted molar refractivity (Wildman–Crippen MR) is 139 cm³/mol. The third kappa shape index (κ3) is 8.70. The Balaban J connectivity index is 1.49. The molecule has 1 atom stereocenters. The molecule has 2 aromatic carbocycles. The SMILES string of the molecule is CC[C@@H](C)OC(=O)Oc1ccc(C(=O)NS(=O)(=O)c2ccc(CCNC(=O)Cc3ccccc3)cc2)cn1. The first-order valence-electron chi connectivity index (χ1n) is 12.0. The van der Waals surface area contributed by atoms with Gasteiger partial charge in [0.25, 0.3) is 15.9 Å². The Morgan fingerprint density at radius 1 is 0.947 bits per heavy atom. The number of sulfonamides is 1. The van der Waals surface area contributed by atoms with Crippen molar-refractivity contribution in [2.75, 3.05) is 6.54 Å². The second-order valence-electron chi connectivity index (χ2n) is 8.41. The number of carbonyl (C=O) groups is 3. The van der Waals surface area contributed by atoms with Crippen molar-refractivity contribution in [2.24, 2.45) is 0 Å². The molecule has 3 aromatic rings. The number of nitrogens with zero attached hydrogens (tertiary/aromatic N) is 1. The van der Waals surface area contributed by atoms with Gasteiger partial charge in [-0.25, -0.2) is 22.9 Å². The lowest BCUT2D eigenvalue weighted by molar-refractivity contribution is -0.120. The van der Waals surface area contributed by atoms with E-state index in [0.717, 1.165) is 17.3 Å². The summed E-state index contributed by atoms with van der Waals surface area (Å²) in [6, 6.07) is 17.9. The van der Waals surface area contributed by atoms with Crippen molar-refractivity contribution in [3.05, 3.63) is 89.6 Å². The van der Waals surface area contributed by atoms with E-state index in [1.165, 1.54) is 24.3 Å². The minimum absolute atomic E-state index is 0.0425. The van der Waals surface area contributed by atoms with Crippen molar-refractivity contribution in [2.45, 2.75) is 44.1 Å². The van der Waals surface area contributed by atoms with Crippen LogP contribution in [0.15, 0.2) is 77.8 Å². The predicted octanol–water partition coefficient (Wildman–Crippen LogP) is 3.42. The average molecular weight is 540 g/mol.